The Labute approximate surface area is 91.5 Å². The third kappa shape index (κ3) is 10.5. The molecule has 0 radical (unpaired) electrons. The van der Waals surface area contributed by atoms with Gasteiger partial charge in [0.15, 0.2) is 0 Å². The van der Waals surface area contributed by atoms with Crippen LogP contribution in [0.3, 0.4) is 0 Å². The van der Waals surface area contributed by atoms with E-state index in [1.165, 1.54) is 25.9 Å². The Morgan fingerprint density at radius 2 is 2.18 bits per heavy atom. The van der Waals surface area contributed by atoms with E-state index in [-0.39, 0.29) is 31.1 Å². The zero-order chi connectivity index (χ0) is 7.82. The fourth-order valence-corrected chi connectivity index (χ4v) is 0.909. The molecule has 62 valence electrons. The molecule has 1 N–H and O–H groups in total. The molecule has 4 heteroatoms. The molecular formula is C7H13NO2U. The third-order valence-corrected chi connectivity index (χ3v) is 1.39. The molecule has 0 saturated carbocycles. The van der Waals surface area contributed by atoms with E-state index in [9.17, 15) is 0 Å². The number of hydrogen-bond donors (Lipinski definition) is 1. The van der Waals surface area contributed by atoms with Crippen molar-refractivity contribution in [1.82, 2.24) is 4.90 Å². The van der Waals surface area contributed by atoms with Crippen LogP contribution in [0.25, 0.3) is 0 Å². The summed E-state index contributed by atoms with van der Waals surface area (Å²) in [4.78, 5) is 10.6. The Morgan fingerprint density at radius 3 is 2.36 bits per heavy atom. The third-order valence-electron chi connectivity index (χ3n) is 1.39. The summed E-state index contributed by atoms with van der Waals surface area (Å²) < 4.78 is 0. The first-order valence-electron chi connectivity index (χ1n) is 3.32. The van der Waals surface area contributed by atoms with Crippen molar-refractivity contribution >= 4 is 6.47 Å². The van der Waals surface area contributed by atoms with Crippen molar-refractivity contribution in [2.45, 2.75) is 12.8 Å². The summed E-state index contributed by atoms with van der Waals surface area (Å²) in [5, 5.41) is 6.76. The van der Waals surface area contributed by atoms with Gasteiger partial charge in [-0.3, -0.25) is 0 Å². The second kappa shape index (κ2) is 10.5. The van der Waals surface area contributed by atoms with Crippen LogP contribution >= 0.6 is 0 Å². The van der Waals surface area contributed by atoms with E-state index in [0.717, 1.165) is 0 Å². The molecule has 0 aliphatic carbocycles. The van der Waals surface area contributed by atoms with Crippen molar-refractivity contribution < 1.29 is 41.0 Å². The second-order valence-electron chi connectivity index (χ2n) is 2.28. The minimum Gasteiger partial charge on any atom is -0.665 e. The summed E-state index contributed by atoms with van der Waals surface area (Å²) in [6.07, 6.45) is 5.02. The molecule has 1 rings (SSSR count). The molecule has 1 aliphatic heterocycles. The molecule has 1 aliphatic rings. The number of rotatable bonds is 0. The van der Waals surface area contributed by atoms with Gasteiger partial charge in [-0.2, -0.15) is 6.42 Å². The molecule has 0 aromatic carbocycles. The number of piperidine rings is 1. The monoisotopic (exact) mass is 381 g/mol. The van der Waals surface area contributed by atoms with E-state index in [2.05, 4.69) is 18.4 Å². The maximum Gasteiger partial charge on any atom is 2.00 e. The van der Waals surface area contributed by atoms with Crippen molar-refractivity contribution in [3.05, 3.63) is 6.42 Å². The number of hydrogen-bond acceptors (Lipinski definition) is 2. The van der Waals surface area contributed by atoms with Crippen LogP contribution in [0, 0.1) is 37.5 Å². The van der Waals surface area contributed by atoms with Gasteiger partial charge in [-0.05, 0) is 13.6 Å². The molecule has 0 aromatic rings. The minimum absolute atomic E-state index is 0. The standard InChI is InChI=1S/C6H12N.CHO2.U/c1-7-5-3-2-4-6-7;2-1-3;/h3H,2,4-6H2,1H3;(H,2,3);/q2*-1;+2. The van der Waals surface area contributed by atoms with Gasteiger partial charge in [-0.1, -0.05) is 12.9 Å². The summed E-state index contributed by atoms with van der Waals surface area (Å²) in [5.74, 6) is 0. The molecule has 0 unspecified atom stereocenters. The number of aliphatic hydroxyl groups excluding tert-OH is 1. The van der Waals surface area contributed by atoms with Gasteiger partial charge < -0.3 is 21.2 Å². The van der Waals surface area contributed by atoms with Crippen molar-refractivity contribution in [2.75, 3.05) is 20.1 Å². The number of likely N-dealkylation sites (tertiary alicyclic amines) is 1. The summed E-state index contributed by atoms with van der Waals surface area (Å²) in [5.41, 5.74) is 0. The maximum atomic E-state index is 8.24. The molecule has 0 spiro atoms. The van der Waals surface area contributed by atoms with E-state index < -0.39 is 0 Å². The van der Waals surface area contributed by atoms with Crippen molar-refractivity contribution in [1.29, 1.82) is 0 Å². The molecule has 11 heavy (non-hydrogen) atoms. The zero-order valence-corrected chi connectivity index (χ0v) is 10.9. The van der Waals surface area contributed by atoms with Crippen LogP contribution in [-0.2, 0) is 4.79 Å². The van der Waals surface area contributed by atoms with E-state index >= 15 is 0 Å². The van der Waals surface area contributed by atoms with Gasteiger partial charge >= 0.3 is 31.1 Å². The smallest absolute Gasteiger partial charge is 0.665 e. The van der Waals surface area contributed by atoms with Crippen LogP contribution in [-0.4, -0.2) is 36.6 Å². The average Bonchev–Trinajstić information content (AvgIpc) is 1.91. The Bertz CT molecular complexity index is 84.5. The first-order chi connectivity index (χ1) is 4.81. The van der Waals surface area contributed by atoms with Crippen molar-refractivity contribution in [3.63, 3.8) is 0 Å². The molecule has 3 nitrogen and oxygen atoms in total. The second-order valence-corrected chi connectivity index (χ2v) is 2.28. The summed E-state index contributed by atoms with van der Waals surface area (Å²) in [6.45, 7) is 2.98. The molecule has 1 heterocycles. The topological polar surface area (TPSA) is 40.5 Å². The van der Waals surface area contributed by atoms with Crippen LogP contribution < -0.4 is 0 Å². The summed E-state index contributed by atoms with van der Waals surface area (Å²) >= 11 is 0. The van der Waals surface area contributed by atoms with Crippen molar-refractivity contribution in [2.24, 2.45) is 0 Å². The largest absolute Gasteiger partial charge is 2.00 e. The molecule has 0 bridgehead atoms. The SMILES string of the molecule is CN1C[CH-]CCC1.O=[C-]O.[U+2]. The molecule has 1 saturated heterocycles. The van der Waals surface area contributed by atoms with Gasteiger partial charge in [0.25, 0.3) is 0 Å². The number of nitrogens with zero attached hydrogens (tertiary/aromatic N) is 1. The van der Waals surface area contributed by atoms with Crippen LogP contribution in [0.4, 0.5) is 0 Å². The fourth-order valence-electron chi connectivity index (χ4n) is 0.909. The van der Waals surface area contributed by atoms with Crippen LogP contribution in [0.2, 0.25) is 0 Å². The summed E-state index contributed by atoms with van der Waals surface area (Å²) in [6, 6.07) is 0. The van der Waals surface area contributed by atoms with Gasteiger partial charge in [-0.15, -0.1) is 6.54 Å². The minimum atomic E-state index is 0. The van der Waals surface area contributed by atoms with Crippen LogP contribution in [0.15, 0.2) is 0 Å². The molecule has 0 atom stereocenters. The summed E-state index contributed by atoms with van der Waals surface area (Å²) in [7, 11) is 2.16. The molecule has 0 amide bonds. The van der Waals surface area contributed by atoms with E-state index in [0.29, 0.717) is 6.47 Å². The van der Waals surface area contributed by atoms with E-state index in [4.69, 9.17) is 9.90 Å². The quantitative estimate of drug-likeness (QED) is 0.623. The molecule has 1 fully saturated rings. The Balaban J connectivity index is 0. The van der Waals surface area contributed by atoms with E-state index in [1.54, 1.807) is 0 Å². The molecular weight excluding hydrogens is 368 g/mol. The average molecular weight is 381 g/mol. The van der Waals surface area contributed by atoms with Gasteiger partial charge in [0.2, 0.25) is 0 Å². The fraction of sp³-hybridized carbons (Fsp3) is 0.714. The maximum absolute atomic E-state index is 8.24. The first kappa shape index (κ1) is 14.0. The van der Waals surface area contributed by atoms with Crippen molar-refractivity contribution in [3.8, 4) is 0 Å². The van der Waals surface area contributed by atoms with Crippen LogP contribution in [0.5, 0.6) is 0 Å². The van der Waals surface area contributed by atoms with Gasteiger partial charge in [0, 0.05) is 0 Å². The van der Waals surface area contributed by atoms with Crippen LogP contribution in [0.1, 0.15) is 12.8 Å². The normalized spacial score (nSPS) is 17.2. The van der Waals surface area contributed by atoms with Gasteiger partial charge in [0.05, 0.1) is 0 Å². The van der Waals surface area contributed by atoms with E-state index in [1.807, 2.05) is 0 Å². The molecule has 0 aromatic heterocycles. The van der Waals surface area contributed by atoms with Gasteiger partial charge in [0.1, 0.15) is 0 Å². The Morgan fingerprint density at radius 1 is 1.64 bits per heavy atom. The Kier molecular flexibility index (Phi) is 13.4. The predicted octanol–water partition coefficient (Wildman–Crippen LogP) is 0.528. The predicted molar refractivity (Wildman–Crippen MR) is 39.4 cm³/mol. The van der Waals surface area contributed by atoms with Gasteiger partial charge in [-0.25, -0.2) is 0 Å². The zero-order valence-electron chi connectivity index (χ0n) is 6.71. The first-order valence-corrected chi connectivity index (χ1v) is 3.32. The Hall–Kier alpha value is 0.482.